The Kier molecular flexibility index (Phi) is 9.27. The molecule has 216 valence electrons. The highest BCUT2D eigenvalue weighted by atomic mass is 28.4. The van der Waals surface area contributed by atoms with E-state index < -0.39 is 15.4 Å². The summed E-state index contributed by atoms with van der Waals surface area (Å²) in [6, 6.07) is 8.39. The Bertz CT molecular complexity index is 1220. The second kappa shape index (κ2) is 12.2. The second-order valence-electron chi connectivity index (χ2n) is 13.3. The van der Waals surface area contributed by atoms with Crippen LogP contribution in [-0.4, -0.2) is 57.9 Å². The summed E-state index contributed by atoms with van der Waals surface area (Å²) in [6.07, 6.45) is 2.49. The van der Waals surface area contributed by atoms with Gasteiger partial charge in [-0.1, -0.05) is 40.7 Å². The summed E-state index contributed by atoms with van der Waals surface area (Å²) in [5, 5.41) is 16.4. The van der Waals surface area contributed by atoms with Gasteiger partial charge in [-0.2, -0.15) is 10.2 Å². The Morgan fingerprint density at radius 2 is 1.95 bits per heavy atom. The van der Waals surface area contributed by atoms with E-state index >= 15 is 0 Å². The molecule has 0 bridgehead atoms. The molecule has 9 nitrogen and oxygen atoms in total. The number of aryl methyl sites for hydroxylation is 1. The van der Waals surface area contributed by atoms with E-state index in [-0.39, 0.29) is 22.4 Å². The Hall–Kier alpha value is -2.49. The van der Waals surface area contributed by atoms with Crippen LogP contribution in [0, 0.1) is 29.6 Å². The zero-order valence-corrected chi connectivity index (χ0v) is 26.3. The van der Waals surface area contributed by atoms with Crippen LogP contribution in [0.1, 0.15) is 52.2 Å². The van der Waals surface area contributed by atoms with Gasteiger partial charge in [-0.25, -0.2) is 4.98 Å². The third kappa shape index (κ3) is 7.42. The lowest BCUT2D eigenvalue weighted by Crippen LogP contribution is -2.49. The Balaban J connectivity index is 1.57. The highest BCUT2D eigenvalue weighted by Crippen LogP contribution is 2.37. The van der Waals surface area contributed by atoms with Crippen LogP contribution >= 0.6 is 0 Å². The molecule has 2 aliphatic rings. The number of rotatable bonds is 8. The molecule has 0 amide bonds. The summed E-state index contributed by atoms with van der Waals surface area (Å²) in [4.78, 5) is 9.24. The Morgan fingerprint density at radius 1 is 1.23 bits per heavy atom. The molecule has 0 saturated carbocycles. The molecular formula is C29H44BN5O4Si. The van der Waals surface area contributed by atoms with Crippen LogP contribution in [0.5, 0.6) is 0 Å². The summed E-state index contributed by atoms with van der Waals surface area (Å²) in [5.41, 5.74) is 3.73. The van der Waals surface area contributed by atoms with Gasteiger partial charge in [0.05, 0.1) is 31.2 Å². The molecule has 2 atom stereocenters. The van der Waals surface area contributed by atoms with Gasteiger partial charge in [0.25, 0.3) is 0 Å². The molecular weight excluding hydrogens is 521 g/mol. The van der Waals surface area contributed by atoms with E-state index in [9.17, 15) is 5.26 Å². The molecule has 2 saturated heterocycles. The van der Waals surface area contributed by atoms with Gasteiger partial charge >= 0.3 is 7.12 Å². The molecule has 40 heavy (non-hydrogen) atoms. The van der Waals surface area contributed by atoms with E-state index in [0.717, 1.165) is 22.3 Å². The van der Waals surface area contributed by atoms with Crippen LogP contribution in [0.2, 0.25) is 18.1 Å². The monoisotopic (exact) mass is 565 g/mol. The van der Waals surface area contributed by atoms with Crippen molar-refractivity contribution in [3.8, 4) is 6.07 Å². The maximum atomic E-state index is 9.55. The van der Waals surface area contributed by atoms with Gasteiger partial charge in [0, 0.05) is 42.7 Å². The minimum absolute atomic E-state index is 0.0126. The first-order chi connectivity index (χ1) is 18.8. The third-order valence-corrected chi connectivity index (χ3v) is 12.6. The molecule has 4 rings (SSSR count). The van der Waals surface area contributed by atoms with E-state index in [1.807, 2.05) is 19.1 Å². The molecule has 2 fully saturated rings. The summed E-state index contributed by atoms with van der Waals surface area (Å²) < 4.78 is 24.5. The van der Waals surface area contributed by atoms with Crippen molar-refractivity contribution in [2.24, 2.45) is 11.3 Å². The zero-order chi connectivity index (χ0) is 29.1. The molecule has 0 spiro atoms. The van der Waals surface area contributed by atoms with Crippen LogP contribution < -0.4 is 16.1 Å². The summed E-state index contributed by atoms with van der Waals surface area (Å²) in [7, 11) is -2.42. The number of anilines is 3. The highest BCUT2D eigenvalue weighted by Gasteiger charge is 2.39. The number of ether oxygens (including phenoxy) is 1. The number of nitriles is 1. The SMILES string of the molecule is Cc1cnc(Nc2ccc(B3OCC(C)(C)CO3)c(CO[Si](C)(C)C(C)(C)C)c2)nc1N[C@H]1COCC[C@@H]1C#N. The average molecular weight is 566 g/mol. The second-order valence-corrected chi connectivity index (χ2v) is 18.1. The highest BCUT2D eigenvalue weighted by molar-refractivity contribution is 6.74. The van der Waals surface area contributed by atoms with Crippen LogP contribution in [0.4, 0.5) is 17.5 Å². The predicted molar refractivity (Wildman–Crippen MR) is 162 cm³/mol. The lowest BCUT2D eigenvalue weighted by molar-refractivity contribution is 0.0341. The first kappa shape index (κ1) is 30.5. The van der Waals surface area contributed by atoms with Gasteiger partial charge < -0.3 is 29.1 Å². The van der Waals surface area contributed by atoms with Crippen molar-refractivity contribution in [1.29, 1.82) is 5.26 Å². The van der Waals surface area contributed by atoms with Crippen LogP contribution in [0.25, 0.3) is 0 Å². The third-order valence-electron chi connectivity index (χ3n) is 8.11. The van der Waals surface area contributed by atoms with Crippen LogP contribution in [0.3, 0.4) is 0 Å². The maximum Gasteiger partial charge on any atom is 0.494 e. The van der Waals surface area contributed by atoms with E-state index in [1.165, 1.54) is 0 Å². The fourth-order valence-electron chi connectivity index (χ4n) is 4.37. The quantitative estimate of drug-likeness (QED) is 0.420. The smallest absolute Gasteiger partial charge is 0.413 e. The average Bonchev–Trinajstić information content (AvgIpc) is 2.89. The van der Waals surface area contributed by atoms with Crippen molar-refractivity contribution in [2.75, 3.05) is 37.1 Å². The molecule has 3 heterocycles. The number of hydrogen-bond acceptors (Lipinski definition) is 9. The number of nitrogens with one attached hydrogen (secondary N) is 2. The fourth-order valence-corrected chi connectivity index (χ4v) is 5.32. The Labute approximate surface area is 240 Å². The van der Waals surface area contributed by atoms with E-state index in [0.29, 0.717) is 51.2 Å². The van der Waals surface area contributed by atoms with Crippen molar-refractivity contribution in [3.05, 3.63) is 35.5 Å². The van der Waals surface area contributed by atoms with E-state index in [1.54, 1.807) is 6.20 Å². The largest absolute Gasteiger partial charge is 0.494 e. The molecule has 0 unspecified atom stereocenters. The zero-order valence-electron chi connectivity index (χ0n) is 25.3. The summed E-state index contributed by atoms with van der Waals surface area (Å²) in [5.74, 6) is 1.04. The number of benzene rings is 1. The molecule has 11 heteroatoms. The van der Waals surface area contributed by atoms with Crippen molar-refractivity contribution < 1.29 is 18.5 Å². The molecule has 2 aliphatic heterocycles. The maximum absolute atomic E-state index is 9.55. The van der Waals surface area contributed by atoms with Crippen molar-refractivity contribution in [3.63, 3.8) is 0 Å². The van der Waals surface area contributed by atoms with Crippen LogP contribution in [0.15, 0.2) is 24.4 Å². The van der Waals surface area contributed by atoms with E-state index in [4.69, 9.17) is 23.5 Å². The number of nitrogens with zero attached hydrogens (tertiary/aromatic N) is 3. The molecule has 2 aromatic rings. The minimum Gasteiger partial charge on any atom is -0.413 e. The van der Waals surface area contributed by atoms with Crippen molar-refractivity contribution in [1.82, 2.24) is 9.97 Å². The first-order valence-electron chi connectivity index (χ1n) is 14.1. The fraction of sp³-hybridized carbons (Fsp3) is 0.621. The molecule has 1 aromatic carbocycles. The number of hydrogen-bond donors (Lipinski definition) is 2. The normalized spacial score (nSPS) is 21.5. The van der Waals surface area contributed by atoms with Gasteiger partial charge in [0.2, 0.25) is 5.95 Å². The van der Waals surface area contributed by atoms with Gasteiger partial charge in [-0.3, -0.25) is 0 Å². The molecule has 0 aliphatic carbocycles. The van der Waals surface area contributed by atoms with Gasteiger partial charge in [-0.05, 0) is 54.6 Å². The summed E-state index contributed by atoms with van der Waals surface area (Å²) in [6.45, 7) is 20.3. The Morgan fingerprint density at radius 3 is 2.62 bits per heavy atom. The van der Waals surface area contributed by atoms with Gasteiger partial charge in [0.1, 0.15) is 5.82 Å². The lowest BCUT2D eigenvalue weighted by atomic mass is 9.73. The van der Waals surface area contributed by atoms with Crippen molar-refractivity contribution in [2.45, 2.75) is 78.7 Å². The lowest BCUT2D eigenvalue weighted by Gasteiger charge is -2.37. The number of aromatic nitrogens is 2. The standard InChI is InChI=1S/C29H44BN5O4Si/c1-20-15-32-27(35-26(20)34-25-17-36-12-11-21(25)14-31)33-23-9-10-24(30-37-18-29(5,6)19-38-30)22(13-23)16-39-40(7,8)28(2,3)4/h9-10,13,15,21,25H,11-12,16-19H2,1-8H3,(H2,32,33,34,35)/t21-,25+/m1/s1. The molecule has 2 N–H and O–H groups in total. The minimum atomic E-state index is -1.99. The predicted octanol–water partition coefficient (Wildman–Crippen LogP) is 5.16. The van der Waals surface area contributed by atoms with E-state index in [2.05, 4.69) is 75.5 Å². The summed E-state index contributed by atoms with van der Waals surface area (Å²) >= 11 is 0. The molecule has 1 aromatic heterocycles. The first-order valence-corrected chi connectivity index (χ1v) is 17.0. The van der Waals surface area contributed by atoms with Crippen molar-refractivity contribution >= 4 is 38.4 Å². The topological polar surface area (TPSA) is 111 Å². The van der Waals surface area contributed by atoms with Gasteiger partial charge in [0.15, 0.2) is 8.32 Å². The molecule has 0 radical (unpaired) electrons. The van der Waals surface area contributed by atoms with Crippen LogP contribution in [-0.2, 0) is 25.1 Å². The van der Waals surface area contributed by atoms with Gasteiger partial charge in [-0.15, -0.1) is 0 Å².